The standard InChI is InChI=1S/C14H15ClFN5O3/c1-7(22)9-10(23)14(15,3-2-4-16)12(24-9)21-6-19-8-5-18-13(17)20-11(8)21/h5-7,9-10,12,22-23H,4H2,1H3,(H2,17,18,20)/t7-,9?,10-,12+,14+/m0/s1. The fraction of sp³-hybridized carbons (Fsp3) is 0.500. The van der Waals surface area contributed by atoms with E-state index in [9.17, 15) is 14.6 Å². The predicted octanol–water partition coefficient (Wildman–Crippen LogP) is -0.00190. The van der Waals surface area contributed by atoms with Gasteiger partial charge in [-0.15, -0.1) is 0 Å². The third kappa shape index (κ3) is 2.57. The Balaban J connectivity index is 2.13. The van der Waals surface area contributed by atoms with Crippen molar-refractivity contribution in [3.63, 3.8) is 0 Å². The van der Waals surface area contributed by atoms with Crippen molar-refractivity contribution in [2.24, 2.45) is 0 Å². The maximum atomic E-state index is 12.5. The van der Waals surface area contributed by atoms with Crippen molar-refractivity contribution in [3.8, 4) is 11.8 Å². The third-order valence-electron chi connectivity index (χ3n) is 3.80. The lowest BCUT2D eigenvalue weighted by Gasteiger charge is -2.25. The van der Waals surface area contributed by atoms with Crippen molar-refractivity contribution in [3.05, 3.63) is 12.5 Å². The van der Waals surface area contributed by atoms with Crippen LogP contribution in [0.4, 0.5) is 10.3 Å². The second-order valence-electron chi connectivity index (χ2n) is 5.43. The Kier molecular flexibility index (Phi) is 4.31. The number of aliphatic hydroxyl groups is 2. The van der Waals surface area contributed by atoms with Crippen molar-refractivity contribution in [2.75, 3.05) is 12.4 Å². The normalized spacial score (nSPS) is 31.0. The molecule has 1 saturated heterocycles. The highest BCUT2D eigenvalue weighted by Gasteiger charge is 2.57. The maximum absolute atomic E-state index is 12.5. The number of halogens is 2. The summed E-state index contributed by atoms with van der Waals surface area (Å²) in [7, 11) is 0. The van der Waals surface area contributed by atoms with Gasteiger partial charge in [-0.1, -0.05) is 23.4 Å². The Labute approximate surface area is 141 Å². The van der Waals surface area contributed by atoms with Gasteiger partial charge in [-0.25, -0.2) is 14.4 Å². The molecule has 5 atom stereocenters. The number of hydrogen-bond acceptors (Lipinski definition) is 7. The molecular formula is C14H15ClFN5O3. The van der Waals surface area contributed by atoms with Crippen molar-refractivity contribution >= 4 is 28.7 Å². The molecule has 1 aliphatic heterocycles. The largest absolute Gasteiger partial charge is 0.391 e. The molecule has 0 radical (unpaired) electrons. The van der Waals surface area contributed by atoms with Crippen LogP contribution in [0.25, 0.3) is 11.2 Å². The molecule has 0 bridgehead atoms. The van der Waals surface area contributed by atoms with Gasteiger partial charge in [0.2, 0.25) is 5.95 Å². The summed E-state index contributed by atoms with van der Waals surface area (Å²) in [4.78, 5) is 10.4. The van der Waals surface area contributed by atoms with Crippen LogP contribution in [0.15, 0.2) is 12.5 Å². The minimum atomic E-state index is -1.69. The molecule has 2 aromatic rings. The Morgan fingerprint density at radius 2 is 2.33 bits per heavy atom. The number of aliphatic hydroxyl groups excluding tert-OH is 2. The monoisotopic (exact) mass is 355 g/mol. The van der Waals surface area contributed by atoms with Gasteiger partial charge < -0.3 is 20.7 Å². The van der Waals surface area contributed by atoms with E-state index in [1.54, 1.807) is 0 Å². The first-order valence-electron chi connectivity index (χ1n) is 7.10. The lowest BCUT2D eigenvalue weighted by molar-refractivity contribution is -0.0752. The molecular weight excluding hydrogens is 341 g/mol. The van der Waals surface area contributed by atoms with E-state index >= 15 is 0 Å². The number of nitrogen functional groups attached to an aromatic ring is 1. The number of ether oxygens (including phenoxy) is 1. The lowest BCUT2D eigenvalue weighted by Crippen LogP contribution is -2.43. The minimum absolute atomic E-state index is 0.0184. The van der Waals surface area contributed by atoms with Crippen molar-refractivity contribution in [2.45, 2.75) is 36.3 Å². The second kappa shape index (κ2) is 6.14. The molecule has 1 fully saturated rings. The molecule has 1 aliphatic rings. The average molecular weight is 356 g/mol. The molecule has 0 aromatic carbocycles. The minimum Gasteiger partial charge on any atom is -0.391 e. The summed E-state index contributed by atoms with van der Waals surface area (Å²) in [5, 5.41) is 20.3. The summed E-state index contributed by atoms with van der Waals surface area (Å²) in [5.74, 6) is 4.72. The Hall–Kier alpha value is -1.99. The number of rotatable bonds is 2. The van der Waals surface area contributed by atoms with Crippen LogP contribution >= 0.6 is 11.6 Å². The zero-order chi connectivity index (χ0) is 17.5. The van der Waals surface area contributed by atoms with E-state index in [1.165, 1.54) is 24.0 Å². The highest BCUT2D eigenvalue weighted by atomic mass is 35.5. The number of hydrogen-bond donors (Lipinski definition) is 3. The topological polar surface area (TPSA) is 119 Å². The van der Waals surface area contributed by atoms with E-state index in [1.807, 2.05) is 0 Å². The molecule has 128 valence electrons. The molecule has 4 N–H and O–H groups in total. The summed E-state index contributed by atoms with van der Waals surface area (Å²) >= 11 is 6.49. The van der Waals surface area contributed by atoms with Gasteiger partial charge in [-0.05, 0) is 6.92 Å². The molecule has 2 aromatic heterocycles. The summed E-state index contributed by atoms with van der Waals surface area (Å²) in [5.41, 5.74) is 6.35. The SMILES string of the molecule is C[C@H](O)C1O[C@@H](n2cnc3cnc(N)nc32)[C@@](Cl)(C#CCF)[C@H]1O. The summed E-state index contributed by atoms with van der Waals surface area (Å²) in [6.07, 6.45) is -1.65. The first-order valence-corrected chi connectivity index (χ1v) is 7.48. The highest BCUT2D eigenvalue weighted by Crippen LogP contribution is 2.45. The molecule has 8 nitrogen and oxygen atoms in total. The fourth-order valence-electron chi connectivity index (χ4n) is 2.67. The quantitative estimate of drug-likeness (QED) is 0.512. The van der Waals surface area contributed by atoms with Crippen LogP contribution < -0.4 is 5.73 Å². The van der Waals surface area contributed by atoms with Crippen LogP contribution in [-0.4, -0.2) is 59.6 Å². The Morgan fingerprint density at radius 3 is 3.00 bits per heavy atom. The number of anilines is 1. The Bertz CT molecular complexity index is 820. The van der Waals surface area contributed by atoms with E-state index in [4.69, 9.17) is 22.1 Å². The van der Waals surface area contributed by atoms with E-state index in [0.29, 0.717) is 11.2 Å². The highest BCUT2D eigenvalue weighted by molar-refractivity contribution is 6.27. The average Bonchev–Trinajstić information content (AvgIpc) is 3.05. The molecule has 3 heterocycles. The zero-order valence-corrected chi connectivity index (χ0v) is 13.4. The molecule has 1 unspecified atom stereocenters. The molecule has 3 rings (SSSR count). The van der Waals surface area contributed by atoms with Gasteiger partial charge in [0.1, 0.15) is 24.4 Å². The maximum Gasteiger partial charge on any atom is 0.222 e. The molecule has 24 heavy (non-hydrogen) atoms. The van der Waals surface area contributed by atoms with Crippen LogP contribution in [0.5, 0.6) is 0 Å². The van der Waals surface area contributed by atoms with E-state index in [-0.39, 0.29) is 5.95 Å². The van der Waals surface area contributed by atoms with Gasteiger partial charge in [-0.2, -0.15) is 4.98 Å². The van der Waals surface area contributed by atoms with E-state index < -0.39 is 36.1 Å². The molecule has 10 heteroatoms. The smallest absolute Gasteiger partial charge is 0.222 e. The molecule has 0 saturated carbocycles. The molecule has 0 spiro atoms. The first kappa shape index (κ1) is 16.9. The van der Waals surface area contributed by atoms with Gasteiger partial charge >= 0.3 is 0 Å². The first-order chi connectivity index (χ1) is 11.4. The number of alkyl halides is 2. The fourth-order valence-corrected chi connectivity index (χ4v) is 3.02. The molecule has 0 amide bonds. The summed E-state index contributed by atoms with van der Waals surface area (Å²) in [6, 6.07) is 0. The third-order valence-corrected chi connectivity index (χ3v) is 4.30. The zero-order valence-electron chi connectivity index (χ0n) is 12.6. The summed E-state index contributed by atoms with van der Waals surface area (Å²) < 4.78 is 19.6. The number of aromatic nitrogens is 4. The van der Waals surface area contributed by atoms with Crippen molar-refractivity contribution in [1.29, 1.82) is 0 Å². The number of imidazole rings is 1. The lowest BCUT2D eigenvalue weighted by atomic mass is 9.96. The molecule has 0 aliphatic carbocycles. The van der Waals surface area contributed by atoms with Gasteiger partial charge in [0.15, 0.2) is 16.7 Å². The van der Waals surface area contributed by atoms with E-state index in [2.05, 4.69) is 26.8 Å². The van der Waals surface area contributed by atoms with Crippen LogP contribution in [0.1, 0.15) is 13.2 Å². The van der Waals surface area contributed by atoms with Crippen LogP contribution in [0, 0.1) is 11.8 Å². The van der Waals surface area contributed by atoms with Crippen LogP contribution in [0.3, 0.4) is 0 Å². The second-order valence-corrected chi connectivity index (χ2v) is 6.06. The van der Waals surface area contributed by atoms with Gasteiger partial charge in [0.25, 0.3) is 0 Å². The number of nitrogens with zero attached hydrogens (tertiary/aromatic N) is 4. The van der Waals surface area contributed by atoms with Crippen molar-refractivity contribution < 1.29 is 19.3 Å². The number of nitrogens with two attached hydrogens (primary N) is 1. The van der Waals surface area contributed by atoms with Crippen molar-refractivity contribution in [1.82, 2.24) is 19.5 Å². The van der Waals surface area contributed by atoms with Crippen LogP contribution in [0.2, 0.25) is 0 Å². The summed E-state index contributed by atoms with van der Waals surface area (Å²) in [6.45, 7) is 0.509. The predicted molar refractivity (Wildman–Crippen MR) is 83.7 cm³/mol. The van der Waals surface area contributed by atoms with Crippen LogP contribution in [-0.2, 0) is 4.74 Å². The van der Waals surface area contributed by atoms with E-state index in [0.717, 1.165) is 0 Å². The number of fused-ring (bicyclic) bond motifs is 1. The van der Waals surface area contributed by atoms with Gasteiger partial charge in [-0.3, -0.25) is 4.57 Å². The van der Waals surface area contributed by atoms with Gasteiger partial charge in [0.05, 0.1) is 18.6 Å². The Morgan fingerprint density at radius 1 is 1.58 bits per heavy atom. The van der Waals surface area contributed by atoms with Gasteiger partial charge in [0, 0.05) is 0 Å².